The van der Waals surface area contributed by atoms with Crippen LogP contribution >= 0.6 is 11.3 Å². The van der Waals surface area contributed by atoms with Crippen molar-refractivity contribution in [2.24, 2.45) is 0 Å². The summed E-state index contributed by atoms with van der Waals surface area (Å²) in [5, 5.41) is 21.7. The number of hydrogen-bond acceptors (Lipinski definition) is 8. The molecule has 0 atom stereocenters. The number of para-hydroxylation sites is 1. The highest BCUT2D eigenvalue weighted by atomic mass is 32.1. The molecule has 5 heterocycles. The minimum atomic E-state index is -0.344. The van der Waals surface area contributed by atoms with E-state index in [0.29, 0.717) is 33.2 Å². The lowest BCUT2D eigenvalue weighted by molar-refractivity contribution is 0.318. The first-order chi connectivity index (χ1) is 36.8. The first-order valence-electron chi connectivity index (χ1n) is 26.2. The molecule has 0 amide bonds. The van der Waals surface area contributed by atoms with Crippen LogP contribution in [0.3, 0.4) is 0 Å². The number of thiazole rings is 1. The van der Waals surface area contributed by atoms with Crippen molar-refractivity contribution in [1.29, 1.82) is 5.26 Å². The maximum absolute atomic E-state index is 12.5. The summed E-state index contributed by atoms with van der Waals surface area (Å²) in [7, 11) is 0. The Bertz CT molecular complexity index is 3950. The second-order valence-electron chi connectivity index (χ2n) is 21.2. The van der Waals surface area contributed by atoms with Gasteiger partial charge in [-0.05, 0) is 170 Å². The Morgan fingerprint density at radius 3 is 1.91 bits per heavy atom. The Balaban J connectivity index is 0.000000124. The third kappa shape index (κ3) is 9.16. The summed E-state index contributed by atoms with van der Waals surface area (Å²) in [6.45, 7) is 26.7. The molecule has 0 unspecified atom stereocenters. The predicted octanol–water partition coefficient (Wildman–Crippen LogP) is 17.0. The minimum absolute atomic E-state index is 0.0790. The molecule has 0 saturated heterocycles. The number of anilines is 2. The van der Waals surface area contributed by atoms with Crippen molar-refractivity contribution in [2.75, 3.05) is 36.0 Å². The van der Waals surface area contributed by atoms with Gasteiger partial charge < -0.3 is 19.0 Å². The summed E-state index contributed by atoms with van der Waals surface area (Å²) in [5.41, 5.74) is 9.17. The first-order valence-corrected chi connectivity index (χ1v) is 27.0. The molecule has 8 nitrogen and oxygen atoms in total. The van der Waals surface area contributed by atoms with E-state index in [4.69, 9.17) is 15.7 Å². The van der Waals surface area contributed by atoms with Crippen molar-refractivity contribution in [3.63, 3.8) is 0 Å². The van der Waals surface area contributed by atoms with Gasteiger partial charge in [0.15, 0.2) is 0 Å². The second-order valence-corrected chi connectivity index (χ2v) is 22.3. The SMILES string of the molecule is CCN(CC)c1ccc2cc(-c3nc4ccccc4s3)c(=O)oc2c1.[C-]#[N+]/C(C#N)=C1\C=C(C)OC(/C=C/c2cc3c4c(c2)C(C)(C)CCN4CCC3(C)C)=C1.c1cc2cccc3c4cccc5cccc(c(c1)c23)c54. The molecule has 0 spiro atoms. The molecule has 8 aromatic carbocycles. The number of rotatable bonds is 6. The molecular formula is C67H59N5O3S. The van der Waals surface area contributed by atoms with Crippen LogP contribution in [0.1, 0.15) is 78.0 Å². The van der Waals surface area contributed by atoms with Crippen molar-refractivity contribution < 1.29 is 9.15 Å². The lowest BCUT2D eigenvalue weighted by atomic mass is 9.69. The van der Waals surface area contributed by atoms with Gasteiger partial charge in [0.05, 0.1) is 28.4 Å². The summed E-state index contributed by atoms with van der Waals surface area (Å²) >= 11 is 1.51. The first kappa shape index (κ1) is 49.7. The maximum Gasteiger partial charge on any atom is 0.346 e. The van der Waals surface area contributed by atoms with Crippen LogP contribution in [-0.4, -0.2) is 31.2 Å². The summed E-state index contributed by atoms with van der Waals surface area (Å²) in [6, 6.07) is 48.8. The maximum atomic E-state index is 12.5. The van der Waals surface area contributed by atoms with Crippen LogP contribution in [0, 0.1) is 17.9 Å². The molecule has 2 aromatic heterocycles. The molecule has 9 heteroatoms. The fourth-order valence-electron chi connectivity index (χ4n) is 11.4. The van der Waals surface area contributed by atoms with E-state index in [1.165, 1.54) is 71.2 Å². The normalized spacial score (nSPS) is 16.0. The molecule has 376 valence electrons. The quantitative estimate of drug-likeness (QED) is 0.0539. The van der Waals surface area contributed by atoms with Crippen molar-refractivity contribution in [1.82, 2.24) is 4.98 Å². The van der Waals surface area contributed by atoms with E-state index in [2.05, 4.69) is 158 Å². The number of benzene rings is 8. The molecule has 0 radical (unpaired) electrons. The average Bonchev–Trinajstić information content (AvgIpc) is 3.91. The zero-order valence-corrected chi connectivity index (χ0v) is 44.9. The average molecular weight is 1010 g/mol. The zero-order valence-electron chi connectivity index (χ0n) is 44.1. The Labute approximate surface area is 447 Å². The number of aromatic nitrogens is 1. The fourth-order valence-corrected chi connectivity index (χ4v) is 12.3. The second kappa shape index (κ2) is 20.0. The van der Waals surface area contributed by atoms with Crippen molar-refractivity contribution in [3.8, 4) is 16.6 Å². The summed E-state index contributed by atoms with van der Waals surface area (Å²) in [6.07, 6.45) is 9.84. The van der Waals surface area contributed by atoms with E-state index in [0.717, 1.165) is 65.9 Å². The van der Waals surface area contributed by atoms with Gasteiger partial charge in [-0.2, -0.15) is 0 Å². The number of hydrogen-bond donors (Lipinski definition) is 0. The molecule has 10 aromatic rings. The van der Waals surface area contributed by atoms with Crippen LogP contribution in [0.5, 0.6) is 0 Å². The van der Waals surface area contributed by atoms with Gasteiger partial charge in [-0.3, -0.25) is 0 Å². The fraction of sp³-hybridized carbons (Fsp3) is 0.224. The van der Waals surface area contributed by atoms with E-state index in [9.17, 15) is 10.1 Å². The number of nitriles is 1. The number of ether oxygens (including phenoxy) is 1. The highest BCUT2D eigenvalue weighted by Gasteiger charge is 2.40. The molecule has 0 N–H and O–H groups in total. The van der Waals surface area contributed by atoms with E-state index >= 15 is 0 Å². The number of allylic oxidation sites excluding steroid dienone is 6. The minimum Gasteiger partial charge on any atom is -0.462 e. The van der Waals surface area contributed by atoms with E-state index in [1.807, 2.05) is 61.5 Å². The molecule has 13 rings (SSSR count). The van der Waals surface area contributed by atoms with Crippen molar-refractivity contribution >= 4 is 93.1 Å². The van der Waals surface area contributed by atoms with Crippen LogP contribution in [0.15, 0.2) is 184 Å². The molecule has 3 aliphatic rings. The molecule has 0 fully saturated rings. The van der Waals surface area contributed by atoms with Crippen molar-refractivity contribution in [3.05, 3.63) is 213 Å². The van der Waals surface area contributed by atoms with E-state index in [-0.39, 0.29) is 22.2 Å². The lowest BCUT2D eigenvalue weighted by Crippen LogP contribution is -2.44. The highest BCUT2D eigenvalue weighted by Crippen LogP contribution is 2.50. The molecule has 0 bridgehead atoms. The van der Waals surface area contributed by atoms with Gasteiger partial charge in [-0.25, -0.2) is 19.9 Å². The van der Waals surface area contributed by atoms with Crippen LogP contribution in [0.4, 0.5) is 11.4 Å². The smallest absolute Gasteiger partial charge is 0.346 e. The Morgan fingerprint density at radius 1 is 0.763 bits per heavy atom. The Hall–Kier alpha value is -8.50. The van der Waals surface area contributed by atoms with Crippen LogP contribution < -0.4 is 15.4 Å². The molecule has 76 heavy (non-hydrogen) atoms. The monoisotopic (exact) mass is 1010 g/mol. The highest BCUT2D eigenvalue weighted by molar-refractivity contribution is 7.21. The summed E-state index contributed by atoms with van der Waals surface area (Å²) < 4.78 is 12.5. The van der Waals surface area contributed by atoms with Gasteiger partial charge in [-0.15, -0.1) is 11.3 Å². The number of fused-ring (bicyclic) bond motifs is 4. The zero-order chi connectivity index (χ0) is 52.9. The van der Waals surface area contributed by atoms with Crippen molar-refractivity contribution in [2.45, 2.75) is 72.1 Å². The van der Waals surface area contributed by atoms with E-state index < -0.39 is 0 Å². The summed E-state index contributed by atoms with van der Waals surface area (Å²) in [5.74, 6) is 1.31. The van der Waals surface area contributed by atoms with Gasteiger partial charge in [0, 0.05) is 49.0 Å². The third-order valence-corrected chi connectivity index (χ3v) is 16.6. The van der Waals surface area contributed by atoms with Gasteiger partial charge in [0.25, 0.3) is 5.70 Å². The molecule has 3 aliphatic heterocycles. The lowest BCUT2D eigenvalue weighted by Gasteiger charge is -2.48. The van der Waals surface area contributed by atoms with Gasteiger partial charge in [-0.1, -0.05) is 119 Å². The predicted molar refractivity (Wildman–Crippen MR) is 317 cm³/mol. The van der Waals surface area contributed by atoms with Gasteiger partial charge in [0.2, 0.25) is 0 Å². The topological polar surface area (TPSA) is 87.0 Å². The number of nitrogens with zero attached hydrogens (tertiary/aromatic N) is 5. The molecule has 0 saturated carbocycles. The Kier molecular flexibility index (Phi) is 13.1. The van der Waals surface area contributed by atoms with Crippen LogP contribution in [0.2, 0.25) is 0 Å². The van der Waals surface area contributed by atoms with Gasteiger partial charge >= 0.3 is 5.63 Å². The van der Waals surface area contributed by atoms with Crippen LogP contribution in [-0.2, 0) is 15.6 Å². The third-order valence-electron chi connectivity index (χ3n) is 15.5. The standard InChI is InChI=1S/C27H29N3O.C20H18N2O2S.C20H12/c1-18-13-20(24(17-28)29-6)16-21(31-18)8-7-19-14-22-25-23(15-19)27(4,5)10-12-30(25)11-9-26(22,2)3;1-3-22(4-2)14-10-9-13-11-15(20(23)24-17(13)12-14)19-21-16-7-5-6-8-18(16)25-19;1-5-13-6-2-11-17-18-12-4-8-14-7-3-10-16(20(14)18)15(9-1)19(13)17/h7-8,13-16H,9-12H2,1-5H3;5-12H,3-4H2,1-2H3;1-12H/b8-7+,24-20+;;. The van der Waals surface area contributed by atoms with Crippen LogP contribution in [0.25, 0.3) is 85.8 Å². The van der Waals surface area contributed by atoms with E-state index in [1.54, 1.807) is 12.2 Å². The Morgan fingerprint density at radius 2 is 1.36 bits per heavy atom. The largest absolute Gasteiger partial charge is 0.462 e. The molecule has 0 aliphatic carbocycles. The van der Waals surface area contributed by atoms with Gasteiger partial charge in [0.1, 0.15) is 22.1 Å². The summed E-state index contributed by atoms with van der Waals surface area (Å²) in [4.78, 5) is 25.2. The molecular weight excluding hydrogens is 955 g/mol.